The van der Waals surface area contributed by atoms with E-state index in [0.29, 0.717) is 16.9 Å². The molecule has 0 atom stereocenters. The predicted octanol–water partition coefficient (Wildman–Crippen LogP) is 6.00. The van der Waals surface area contributed by atoms with Crippen LogP contribution < -0.4 is 0 Å². The average molecular weight is 402 g/mol. The molecule has 0 saturated heterocycles. The molecule has 0 spiro atoms. The van der Waals surface area contributed by atoms with Gasteiger partial charge in [-0.3, -0.25) is 0 Å². The largest absolute Gasteiger partial charge is 0.478 e. The Kier molecular flexibility index (Phi) is 5.26. The first-order valence-electron chi connectivity index (χ1n) is 9.12. The Morgan fingerprint density at radius 3 is 2.14 bits per heavy atom. The van der Waals surface area contributed by atoms with Gasteiger partial charge in [0.15, 0.2) is 0 Å². The SMILES string of the molecule is Cc1ccc(-n2nc(-c3ccc(C(F)(F)F)cc3)c(C(=O)O)c2C(C)C)cc1C. The maximum absolute atomic E-state index is 12.9. The maximum atomic E-state index is 12.9. The summed E-state index contributed by atoms with van der Waals surface area (Å²) in [5.74, 6) is -1.34. The van der Waals surface area contributed by atoms with Gasteiger partial charge in [-0.05, 0) is 55.2 Å². The maximum Gasteiger partial charge on any atom is 0.416 e. The summed E-state index contributed by atoms with van der Waals surface area (Å²) in [6.07, 6.45) is -4.46. The third-order valence-electron chi connectivity index (χ3n) is 4.90. The van der Waals surface area contributed by atoms with Crippen molar-refractivity contribution in [3.8, 4) is 16.9 Å². The normalized spacial score (nSPS) is 11.9. The topological polar surface area (TPSA) is 55.1 Å². The molecule has 152 valence electrons. The Hall–Kier alpha value is -3.09. The lowest BCUT2D eigenvalue weighted by molar-refractivity contribution is -0.137. The molecular weight excluding hydrogens is 381 g/mol. The number of halogens is 3. The molecule has 29 heavy (non-hydrogen) atoms. The van der Waals surface area contributed by atoms with Gasteiger partial charge in [0.2, 0.25) is 0 Å². The minimum absolute atomic E-state index is 0.00186. The van der Waals surface area contributed by atoms with Crippen LogP contribution in [-0.4, -0.2) is 20.9 Å². The van der Waals surface area contributed by atoms with Gasteiger partial charge >= 0.3 is 12.1 Å². The van der Waals surface area contributed by atoms with Crippen LogP contribution in [-0.2, 0) is 6.18 Å². The second-order valence-electron chi connectivity index (χ2n) is 7.32. The van der Waals surface area contributed by atoms with Crippen LogP contribution in [0, 0.1) is 13.8 Å². The van der Waals surface area contributed by atoms with Crippen molar-refractivity contribution in [1.29, 1.82) is 0 Å². The van der Waals surface area contributed by atoms with Crippen molar-refractivity contribution < 1.29 is 23.1 Å². The van der Waals surface area contributed by atoms with Crippen molar-refractivity contribution >= 4 is 5.97 Å². The molecule has 7 heteroatoms. The minimum atomic E-state index is -4.46. The number of alkyl halides is 3. The summed E-state index contributed by atoms with van der Waals surface area (Å²) >= 11 is 0. The van der Waals surface area contributed by atoms with Crippen LogP contribution in [0.15, 0.2) is 42.5 Å². The van der Waals surface area contributed by atoms with E-state index in [1.54, 1.807) is 4.68 Å². The van der Waals surface area contributed by atoms with E-state index in [4.69, 9.17) is 0 Å². The van der Waals surface area contributed by atoms with Crippen LogP contribution in [0.25, 0.3) is 16.9 Å². The molecule has 3 aromatic rings. The molecule has 0 unspecified atom stereocenters. The van der Waals surface area contributed by atoms with E-state index in [1.807, 2.05) is 45.9 Å². The molecule has 4 nitrogen and oxygen atoms in total. The summed E-state index contributed by atoms with van der Waals surface area (Å²) in [5.41, 5.74) is 2.99. The molecule has 1 N–H and O–H groups in total. The number of hydrogen-bond donors (Lipinski definition) is 1. The Bertz CT molecular complexity index is 1060. The van der Waals surface area contributed by atoms with Crippen LogP contribution in [0.3, 0.4) is 0 Å². The molecule has 2 aromatic carbocycles. The van der Waals surface area contributed by atoms with Crippen LogP contribution in [0.2, 0.25) is 0 Å². The first-order valence-corrected chi connectivity index (χ1v) is 9.12. The number of hydrogen-bond acceptors (Lipinski definition) is 2. The summed E-state index contributed by atoms with van der Waals surface area (Å²) < 4.78 is 40.2. The molecule has 0 saturated carbocycles. The van der Waals surface area contributed by atoms with Gasteiger partial charge in [-0.2, -0.15) is 18.3 Å². The van der Waals surface area contributed by atoms with Gasteiger partial charge in [0.25, 0.3) is 0 Å². The molecule has 0 aliphatic rings. The second kappa shape index (κ2) is 7.39. The number of aryl methyl sites for hydroxylation is 2. The zero-order valence-electron chi connectivity index (χ0n) is 16.5. The van der Waals surface area contributed by atoms with Gasteiger partial charge in [0.1, 0.15) is 11.3 Å². The molecule has 0 amide bonds. The number of benzene rings is 2. The number of carbonyl (C=O) groups is 1. The third kappa shape index (κ3) is 3.90. The smallest absolute Gasteiger partial charge is 0.416 e. The molecule has 1 aromatic heterocycles. The summed E-state index contributed by atoms with van der Waals surface area (Å²) in [5, 5.41) is 14.4. The van der Waals surface area contributed by atoms with E-state index < -0.39 is 17.7 Å². The lowest BCUT2D eigenvalue weighted by Gasteiger charge is -2.12. The predicted molar refractivity (Wildman–Crippen MR) is 105 cm³/mol. The average Bonchev–Trinajstić information content (AvgIpc) is 3.04. The molecule has 1 heterocycles. The Labute approximate surface area is 166 Å². The molecule has 0 radical (unpaired) electrons. The van der Waals surface area contributed by atoms with E-state index in [2.05, 4.69) is 5.10 Å². The highest BCUT2D eigenvalue weighted by atomic mass is 19.4. The Morgan fingerprint density at radius 2 is 1.66 bits per heavy atom. The fourth-order valence-electron chi connectivity index (χ4n) is 3.25. The molecule has 0 fully saturated rings. The first-order chi connectivity index (χ1) is 13.5. The van der Waals surface area contributed by atoms with Crippen molar-refractivity contribution in [2.75, 3.05) is 0 Å². The van der Waals surface area contributed by atoms with Crippen LogP contribution in [0.5, 0.6) is 0 Å². The number of carboxylic acid groups (broad SMARTS) is 1. The van der Waals surface area contributed by atoms with Crippen molar-refractivity contribution in [3.63, 3.8) is 0 Å². The van der Waals surface area contributed by atoms with E-state index in [0.717, 1.165) is 23.3 Å². The standard InChI is InChI=1S/C22H21F3N2O2/c1-12(2)20-18(21(28)29)19(15-6-8-16(9-7-15)22(23,24)25)26-27(20)17-10-5-13(3)14(4)11-17/h5-12H,1-4H3,(H,28,29). The van der Waals surface area contributed by atoms with Gasteiger partial charge < -0.3 is 5.11 Å². The van der Waals surface area contributed by atoms with Crippen LogP contribution in [0.4, 0.5) is 13.2 Å². The molecule has 0 aliphatic carbocycles. The quantitative estimate of drug-likeness (QED) is 0.583. The summed E-state index contributed by atoms with van der Waals surface area (Å²) in [7, 11) is 0. The molecule has 0 bridgehead atoms. The fraction of sp³-hybridized carbons (Fsp3) is 0.273. The number of carboxylic acids is 1. The van der Waals surface area contributed by atoms with Crippen LogP contribution >= 0.6 is 0 Å². The van der Waals surface area contributed by atoms with Crippen molar-refractivity contribution in [2.45, 2.75) is 39.8 Å². The zero-order chi connectivity index (χ0) is 21.5. The Morgan fingerprint density at radius 1 is 1.03 bits per heavy atom. The van der Waals surface area contributed by atoms with E-state index >= 15 is 0 Å². The lowest BCUT2D eigenvalue weighted by atomic mass is 9.99. The number of aromatic carboxylic acids is 1. The highest BCUT2D eigenvalue weighted by molar-refractivity contribution is 5.96. The first kappa shape index (κ1) is 20.6. The fourth-order valence-corrected chi connectivity index (χ4v) is 3.25. The monoisotopic (exact) mass is 402 g/mol. The molecule has 0 aliphatic heterocycles. The van der Waals surface area contributed by atoms with E-state index in [-0.39, 0.29) is 17.2 Å². The minimum Gasteiger partial charge on any atom is -0.478 e. The highest BCUT2D eigenvalue weighted by Gasteiger charge is 2.31. The van der Waals surface area contributed by atoms with Crippen molar-refractivity contribution in [1.82, 2.24) is 9.78 Å². The number of nitrogens with zero attached hydrogens (tertiary/aromatic N) is 2. The number of rotatable bonds is 4. The second-order valence-corrected chi connectivity index (χ2v) is 7.32. The molecule has 3 rings (SSSR count). The van der Waals surface area contributed by atoms with Gasteiger partial charge in [-0.1, -0.05) is 32.0 Å². The van der Waals surface area contributed by atoms with Gasteiger partial charge in [0.05, 0.1) is 16.9 Å². The van der Waals surface area contributed by atoms with E-state index in [1.165, 1.54) is 12.1 Å². The molecular formula is C22H21F3N2O2. The highest BCUT2D eigenvalue weighted by Crippen LogP contribution is 2.35. The summed E-state index contributed by atoms with van der Waals surface area (Å²) in [6, 6.07) is 10.1. The Balaban J connectivity index is 2.25. The van der Waals surface area contributed by atoms with Gasteiger partial charge in [0, 0.05) is 5.56 Å². The van der Waals surface area contributed by atoms with E-state index in [9.17, 15) is 23.1 Å². The third-order valence-corrected chi connectivity index (χ3v) is 4.90. The van der Waals surface area contributed by atoms with Crippen LogP contribution in [0.1, 0.15) is 52.5 Å². The van der Waals surface area contributed by atoms with Gasteiger partial charge in [-0.15, -0.1) is 0 Å². The lowest BCUT2D eigenvalue weighted by Crippen LogP contribution is -2.08. The van der Waals surface area contributed by atoms with Crippen molar-refractivity contribution in [3.05, 3.63) is 70.4 Å². The summed E-state index contributed by atoms with van der Waals surface area (Å²) in [6.45, 7) is 7.64. The van der Waals surface area contributed by atoms with Gasteiger partial charge in [-0.25, -0.2) is 9.48 Å². The van der Waals surface area contributed by atoms with Crippen molar-refractivity contribution in [2.24, 2.45) is 0 Å². The summed E-state index contributed by atoms with van der Waals surface area (Å²) in [4.78, 5) is 12.1. The number of aromatic nitrogens is 2. The zero-order valence-corrected chi connectivity index (χ0v) is 16.5.